The highest BCUT2D eigenvalue weighted by molar-refractivity contribution is 5.43. The van der Waals surface area contributed by atoms with Crippen molar-refractivity contribution in [2.75, 3.05) is 19.8 Å². The van der Waals surface area contributed by atoms with Crippen molar-refractivity contribution in [3.05, 3.63) is 29.3 Å². The third-order valence-corrected chi connectivity index (χ3v) is 3.84. The monoisotopic (exact) mass is 263 g/mol. The van der Waals surface area contributed by atoms with Gasteiger partial charge in [-0.1, -0.05) is 25.1 Å². The molecule has 0 spiro atoms. The summed E-state index contributed by atoms with van der Waals surface area (Å²) in [4.78, 5) is 0. The lowest BCUT2D eigenvalue weighted by atomic mass is 9.99. The molecule has 1 aliphatic heterocycles. The molecule has 106 valence electrons. The van der Waals surface area contributed by atoms with Crippen LogP contribution in [0, 0.1) is 12.8 Å². The summed E-state index contributed by atoms with van der Waals surface area (Å²) < 4.78 is 5.88. The van der Waals surface area contributed by atoms with E-state index in [0.29, 0.717) is 12.0 Å². The van der Waals surface area contributed by atoms with Crippen LogP contribution in [0.3, 0.4) is 0 Å². The molecule has 19 heavy (non-hydrogen) atoms. The normalized spacial score (nSPS) is 20.3. The lowest BCUT2D eigenvalue weighted by Gasteiger charge is -2.21. The molecule has 0 bridgehead atoms. The van der Waals surface area contributed by atoms with Gasteiger partial charge in [-0.05, 0) is 44.2 Å². The van der Waals surface area contributed by atoms with Gasteiger partial charge in [-0.3, -0.25) is 0 Å². The van der Waals surface area contributed by atoms with E-state index in [1.807, 2.05) is 0 Å². The molecule has 3 heteroatoms. The Morgan fingerprint density at radius 1 is 1.47 bits per heavy atom. The molecule has 2 rings (SSSR count). The molecular formula is C16H25NO2. The van der Waals surface area contributed by atoms with Gasteiger partial charge in [-0.2, -0.15) is 0 Å². The largest absolute Gasteiger partial charge is 0.493 e. The molecule has 0 aliphatic carbocycles. The summed E-state index contributed by atoms with van der Waals surface area (Å²) in [5.41, 5.74) is 2.50. The highest BCUT2D eigenvalue weighted by Gasteiger charge is 2.20. The number of fused-ring (bicyclic) bond motifs is 1. The SMILES string of the molecule is Cc1cccc2c1OCCCC2NCC(C)CCO. The number of nitrogens with one attached hydrogen (secondary N) is 1. The van der Waals surface area contributed by atoms with Gasteiger partial charge in [0.25, 0.3) is 0 Å². The van der Waals surface area contributed by atoms with Gasteiger partial charge >= 0.3 is 0 Å². The predicted octanol–water partition coefficient (Wildman–Crippen LogP) is 2.82. The van der Waals surface area contributed by atoms with Crippen LogP contribution >= 0.6 is 0 Å². The van der Waals surface area contributed by atoms with Crippen molar-refractivity contribution >= 4 is 0 Å². The molecule has 0 aromatic heterocycles. The number of hydrogen-bond acceptors (Lipinski definition) is 3. The molecular weight excluding hydrogens is 238 g/mol. The molecule has 0 radical (unpaired) electrons. The number of aryl methyl sites for hydroxylation is 1. The van der Waals surface area contributed by atoms with Gasteiger partial charge in [0.1, 0.15) is 5.75 Å². The summed E-state index contributed by atoms with van der Waals surface area (Å²) in [6, 6.07) is 6.75. The maximum Gasteiger partial charge on any atom is 0.126 e. The summed E-state index contributed by atoms with van der Waals surface area (Å²) in [6.07, 6.45) is 3.05. The van der Waals surface area contributed by atoms with Crippen LogP contribution in [0.5, 0.6) is 5.75 Å². The van der Waals surface area contributed by atoms with Crippen LogP contribution in [-0.4, -0.2) is 24.9 Å². The lowest BCUT2D eigenvalue weighted by Crippen LogP contribution is -2.26. The van der Waals surface area contributed by atoms with E-state index in [1.54, 1.807) is 0 Å². The molecule has 0 amide bonds. The highest BCUT2D eigenvalue weighted by Crippen LogP contribution is 2.33. The molecule has 0 fully saturated rings. The van der Waals surface area contributed by atoms with E-state index in [9.17, 15) is 0 Å². The van der Waals surface area contributed by atoms with Crippen LogP contribution in [0.4, 0.5) is 0 Å². The summed E-state index contributed by atoms with van der Waals surface area (Å²) in [6.45, 7) is 6.30. The van der Waals surface area contributed by atoms with E-state index in [0.717, 1.165) is 38.2 Å². The highest BCUT2D eigenvalue weighted by atomic mass is 16.5. The first kappa shape index (κ1) is 14.4. The van der Waals surface area contributed by atoms with Crippen molar-refractivity contribution in [2.24, 2.45) is 5.92 Å². The topological polar surface area (TPSA) is 41.5 Å². The Bertz CT molecular complexity index is 406. The number of hydrogen-bond donors (Lipinski definition) is 2. The van der Waals surface area contributed by atoms with Gasteiger partial charge in [0.15, 0.2) is 0 Å². The minimum Gasteiger partial charge on any atom is -0.493 e. The summed E-state index contributed by atoms with van der Waals surface area (Å²) >= 11 is 0. The Morgan fingerprint density at radius 2 is 2.32 bits per heavy atom. The molecule has 1 aromatic carbocycles. The van der Waals surface area contributed by atoms with E-state index in [-0.39, 0.29) is 6.61 Å². The second-order valence-corrected chi connectivity index (χ2v) is 5.56. The number of aliphatic hydroxyl groups excluding tert-OH is 1. The van der Waals surface area contributed by atoms with Gasteiger partial charge < -0.3 is 15.2 Å². The molecule has 0 saturated carbocycles. The van der Waals surface area contributed by atoms with Crippen LogP contribution < -0.4 is 10.1 Å². The number of para-hydroxylation sites is 1. The fourth-order valence-corrected chi connectivity index (χ4v) is 2.64. The van der Waals surface area contributed by atoms with Crippen molar-refractivity contribution in [1.29, 1.82) is 0 Å². The van der Waals surface area contributed by atoms with E-state index in [1.165, 1.54) is 11.1 Å². The molecule has 2 atom stereocenters. The zero-order valence-corrected chi connectivity index (χ0v) is 12.0. The van der Waals surface area contributed by atoms with Crippen molar-refractivity contribution < 1.29 is 9.84 Å². The zero-order chi connectivity index (χ0) is 13.7. The molecule has 3 nitrogen and oxygen atoms in total. The van der Waals surface area contributed by atoms with Crippen LogP contribution in [0.1, 0.15) is 43.4 Å². The van der Waals surface area contributed by atoms with E-state index < -0.39 is 0 Å². The Morgan fingerprint density at radius 3 is 3.11 bits per heavy atom. The van der Waals surface area contributed by atoms with Crippen molar-refractivity contribution in [3.63, 3.8) is 0 Å². The number of aliphatic hydroxyl groups is 1. The minimum atomic E-state index is 0.270. The Kier molecular flexibility index (Phi) is 5.23. The molecule has 1 aliphatic rings. The van der Waals surface area contributed by atoms with Crippen LogP contribution in [0.2, 0.25) is 0 Å². The average molecular weight is 263 g/mol. The van der Waals surface area contributed by atoms with Crippen molar-refractivity contribution in [2.45, 2.75) is 39.2 Å². The molecule has 2 unspecified atom stereocenters. The lowest BCUT2D eigenvalue weighted by molar-refractivity contribution is 0.257. The Balaban J connectivity index is 2.07. The average Bonchev–Trinajstić information content (AvgIpc) is 2.60. The summed E-state index contributed by atoms with van der Waals surface area (Å²) in [5, 5.41) is 12.6. The quantitative estimate of drug-likeness (QED) is 0.858. The second kappa shape index (κ2) is 6.92. The van der Waals surface area contributed by atoms with Crippen LogP contribution in [-0.2, 0) is 0 Å². The maximum absolute atomic E-state index is 8.97. The third kappa shape index (κ3) is 3.71. The molecule has 0 saturated heterocycles. The van der Waals surface area contributed by atoms with Gasteiger partial charge in [-0.25, -0.2) is 0 Å². The maximum atomic E-state index is 8.97. The fourth-order valence-electron chi connectivity index (χ4n) is 2.64. The second-order valence-electron chi connectivity index (χ2n) is 5.56. The first-order valence-corrected chi connectivity index (χ1v) is 7.29. The zero-order valence-electron chi connectivity index (χ0n) is 12.0. The number of ether oxygens (including phenoxy) is 1. The van der Waals surface area contributed by atoms with Crippen molar-refractivity contribution in [3.8, 4) is 5.75 Å². The molecule has 1 aromatic rings. The standard InChI is InChI=1S/C16H25NO2/c1-12(8-9-18)11-17-15-7-4-10-19-16-13(2)5-3-6-14(15)16/h3,5-6,12,15,17-18H,4,7-11H2,1-2H3. The first-order valence-electron chi connectivity index (χ1n) is 7.29. The predicted molar refractivity (Wildman–Crippen MR) is 77.5 cm³/mol. The van der Waals surface area contributed by atoms with Crippen LogP contribution in [0.25, 0.3) is 0 Å². The summed E-state index contributed by atoms with van der Waals surface area (Å²) in [5.74, 6) is 1.56. The van der Waals surface area contributed by atoms with E-state index in [4.69, 9.17) is 9.84 Å². The molecule has 2 N–H and O–H groups in total. The first-order chi connectivity index (χ1) is 9.22. The van der Waals surface area contributed by atoms with Gasteiger partial charge in [0, 0.05) is 18.2 Å². The third-order valence-electron chi connectivity index (χ3n) is 3.84. The van der Waals surface area contributed by atoms with Gasteiger partial charge in [0.05, 0.1) is 6.61 Å². The van der Waals surface area contributed by atoms with Crippen LogP contribution in [0.15, 0.2) is 18.2 Å². The Hall–Kier alpha value is -1.06. The smallest absolute Gasteiger partial charge is 0.126 e. The fraction of sp³-hybridized carbons (Fsp3) is 0.625. The molecule has 1 heterocycles. The Labute approximate surface area is 116 Å². The van der Waals surface area contributed by atoms with Gasteiger partial charge in [0.2, 0.25) is 0 Å². The number of benzene rings is 1. The minimum absolute atomic E-state index is 0.270. The van der Waals surface area contributed by atoms with Crippen molar-refractivity contribution in [1.82, 2.24) is 5.32 Å². The van der Waals surface area contributed by atoms with E-state index in [2.05, 4.69) is 37.4 Å². The number of rotatable bonds is 5. The van der Waals surface area contributed by atoms with E-state index >= 15 is 0 Å². The van der Waals surface area contributed by atoms with Gasteiger partial charge in [-0.15, -0.1) is 0 Å². The summed E-state index contributed by atoms with van der Waals surface area (Å²) in [7, 11) is 0.